The van der Waals surface area contributed by atoms with Crippen LogP contribution in [0.4, 0.5) is 0 Å². The molecule has 0 fully saturated rings. The van der Waals surface area contributed by atoms with Crippen LogP contribution >= 0.6 is 22.9 Å². The van der Waals surface area contributed by atoms with Gasteiger partial charge in [-0.15, -0.1) is 21.8 Å². The minimum Gasteiger partial charge on any atom is -0.221 e. The van der Waals surface area contributed by atoms with Crippen molar-refractivity contribution in [3.05, 3.63) is 5.01 Å². The number of sulfone groups is 1. The predicted molar refractivity (Wildman–Crippen MR) is 56.6 cm³/mol. The van der Waals surface area contributed by atoms with Gasteiger partial charge in [-0.3, -0.25) is 0 Å². The van der Waals surface area contributed by atoms with E-state index in [2.05, 4.69) is 10.2 Å². The van der Waals surface area contributed by atoms with E-state index in [-0.39, 0.29) is 16.0 Å². The van der Waals surface area contributed by atoms with Crippen LogP contribution in [0.15, 0.2) is 4.34 Å². The van der Waals surface area contributed by atoms with Gasteiger partial charge in [-0.05, 0) is 12.8 Å². The van der Waals surface area contributed by atoms with E-state index in [1.165, 1.54) is 0 Å². The third kappa shape index (κ3) is 2.90. The van der Waals surface area contributed by atoms with Crippen LogP contribution in [-0.2, 0) is 9.84 Å². The molecule has 4 nitrogen and oxygen atoms in total. The minimum absolute atomic E-state index is 0.0329. The summed E-state index contributed by atoms with van der Waals surface area (Å²) in [4.78, 5) is 0. The summed E-state index contributed by atoms with van der Waals surface area (Å²) in [5.74, 6) is 0.299. The van der Waals surface area contributed by atoms with Crippen LogP contribution < -0.4 is 0 Å². The second-order valence-corrected chi connectivity index (χ2v) is 6.83. The van der Waals surface area contributed by atoms with E-state index in [1.54, 1.807) is 13.8 Å². The first kappa shape index (κ1) is 11.9. The number of aryl methyl sites for hydroxylation is 1. The van der Waals surface area contributed by atoms with Gasteiger partial charge in [-0.1, -0.05) is 18.3 Å². The van der Waals surface area contributed by atoms with Crippen molar-refractivity contribution in [2.24, 2.45) is 5.92 Å². The monoisotopic (exact) mass is 254 g/mol. The van der Waals surface area contributed by atoms with Crippen molar-refractivity contribution in [3.63, 3.8) is 0 Å². The molecule has 1 rings (SSSR count). The molecule has 0 radical (unpaired) electrons. The molecular formula is C7H11ClN2O2S2. The Hall–Kier alpha value is -0.200. The molecule has 1 atom stereocenters. The molecule has 1 heterocycles. The lowest BCUT2D eigenvalue weighted by Crippen LogP contribution is -2.15. The van der Waals surface area contributed by atoms with Crippen molar-refractivity contribution >= 4 is 32.8 Å². The highest BCUT2D eigenvalue weighted by Gasteiger charge is 2.21. The predicted octanol–water partition coefficient (Wildman–Crippen LogP) is 1.50. The first-order valence-corrected chi connectivity index (χ1v) is 7.05. The number of nitrogens with zero attached hydrogens (tertiary/aromatic N) is 2. The normalized spacial score (nSPS) is 14.2. The Morgan fingerprint density at radius 1 is 1.50 bits per heavy atom. The van der Waals surface area contributed by atoms with Crippen molar-refractivity contribution in [3.8, 4) is 0 Å². The molecule has 0 aliphatic heterocycles. The second kappa shape index (κ2) is 4.55. The second-order valence-electron chi connectivity index (χ2n) is 3.13. The lowest BCUT2D eigenvalue weighted by atomic mass is 10.3. The Morgan fingerprint density at radius 2 is 2.14 bits per heavy atom. The molecule has 0 bridgehead atoms. The van der Waals surface area contributed by atoms with Crippen molar-refractivity contribution < 1.29 is 8.42 Å². The summed E-state index contributed by atoms with van der Waals surface area (Å²) < 4.78 is 23.4. The summed E-state index contributed by atoms with van der Waals surface area (Å²) in [5.41, 5.74) is 0. The molecule has 0 N–H and O–H groups in total. The maximum absolute atomic E-state index is 11.7. The quantitative estimate of drug-likeness (QED) is 0.764. The lowest BCUT2D eigenvalue weighted by Gasteiger charge is -2.04. The maximum atomic E-state index is 11.7. The van der Waals surface area contributed by atoms with E-state index < -0.39 is 9.84 Å². The molecule has 0 amide bonds. The van der Waals surface area contributed by atoms with Gasteiger partial charge in [0.05, 0.1) is 5.75 Å². The van der Waals surface area contributed by atoms with Crippen LogP contribution in [-0.4, -0.2) is 30.2 Å². The third-order valence-electron chi connectivity index (χ3n) is 1.54. The SMILES string of the molecule is Cc1nnc(S(=O)(=O)CC(C)CCl)s1. The number of hydrogen-bond acceptors (Lipinski definition) is 5. The van der Waals surface area contributed by atoms with E-state index in [0.717, 1.165) is 11.3 Å². The van der Waals surface area contributed by atoms with Gasteiger partial charge in [0.1, 0.15) is 5.01 Å². The first-order valence-electron chi connectivity index (χ1n) is 4.04. The smallest absolute Gasteiger partial charge is 0.221 e. The Labute approximate surface area is 92.2 Å². The molecule has 0 aromatic carbocycles. The average Bonchev–Trinajstić information content (AvgIpc) is 2.51. The van der Waals surface area contributed by atoms with Crippen molar-refractivity contribution in [2.75, 3.05) is 11.6 Å². The zero-order valence-electron chi connectivity index (χ0n) is 7.90. The molecule has 14 heavy (non-hydrogen) atoms. The summed E-state index contributed by atoms with van der Waals surface area (Å²) in [6, 6.07) is 0. The fraction of sp³-hybridized carbons (Fsp3) is 0.714. The average molecular weight is 255 g/mol. The van der Waals surface area contributed by atoms with Crippen LogP contribution in [0.2, 0.25) is 0 Å². The molecule has 0 saturated carbocycles. The van der Waals surface area contributed by atoms with Crippen LogP contribution in [0.25, 0.3) is 0 Å². The Bertz CT molecular complexity index is 402. The molecule has 1 aromatic heterocycles. The van der Waals surface area contributed by atoms with E-state index in [9.17, 15) is 8.42 Å². The lowest BCUT2D eigenvalue weighted by molar-refractivity contribution is 0.581. The van der Waals surface area contributed by atoms with Crippen LogP contribution in [0.3, 0.4) is 0 Å². The number of halogens is 1. The standard InChI is InChI=1S/C7H11ClN2O2S2/c1-5(3-8)4-14(11,12)7-10-9-6(2)13-7/h5H,3-4H2,1-2H3. The van der Waals surface area contributed by atoms with Gasteiger partial charge in [0.15, 0.2) is 0 Å². The summed E-state index contributed by atoms with van der Waals surface area (Å²) in [5, 5.41) is 7.94. The van der Waals surface area contributed by atoms with Gasteiger partial charge in [0, 0.05) is 5.88 Å². The number of alkyl halides is 1. The topological polar surface area (TPSA) is 59.9 Å². The van der Waals surface area contributed by atoms with Crippen LogP contribution in [0, 0.1) is 12.8 Å². The van der Waals surface area contributed by atoms with Gasteiger partial charge in [0.2, 0.25) is 14.2 Å². The summed E-state index contributed by atoms with van der Waals surface area (Å²) in [7, 11) is -3.29. The highest BCUT2D eigenvalue weighted by molar-refractivity contribution is 7.93. The largest absolute Gasteiger partial charge is 0.232 e. The number of hydrogen-bond donors (Lipinski definition) is 0. The van der Waals surface area contributed by atoms with Gasteiger partial charge < -0.3 is 0 Å². The van der Waals surface area contributed by atoms with Gasteiger partial charge in [-0.25, -0.2) is 8.42 Å². The highest BCUT2D eigenvalue weighted by Crippen LogP contribution is 2.18. The van der Waals surface area contributed by atoms with Crippen molar-refractivity contribution in [2.45, 2.75) is 18.2 Å². The van der Waals surface area contributed by atoms with E-state index >= 15 is 0 Å². The van der Waals surface area contributed by atoms with Gasteiger partial charge in [0.25, 0.3) is 0 Å². The molecule has 0 spiro atoms. The Kier molecular flexibility index (Phi) is 3.86. The summed E-state index contributed by atoms with van der Waals surface area (Å²) in [6.45, 7) is 3.51. The van der Waals surface area contributed by atoms with Crippen molar-refractivity contribution in [1.29, 1.82) is 0 Å². The molecule has 80 valence electrons. The van der Waals surface area contributed by atoms with Gasteiger partial charge in [-0.2, -0.15) is 0 Å². The van der Waals surface area contributed by atoms with Crippen LogP contribution in [0.5, 0.6) is 0 Å². The van der Waals surface area contributed by atoms with E-state index in [0.29, 0.717) is 10.9 Å². The molecule has 0 saturated heterocycles. The summed E-state index contributed by atoms with van der Waals surface area (Å²) >= 11 is 6.65. The molecular weight excluding hydrogens is 244 g/mol. The minimum atomic E-state index is -3.29. The van der Waals surface area contributed by atoms with E-state index in [1.807, 2.05) is 0 Å². The Morgan fingerprint density at radius 3 is 2.57 bits per heavy atom. The van der Waals surface area contributed by atoms with Gasteiger partial charge >= 0.3 is 0 Å². The molecule has 7 heteroatoms. The molecule has 1 unspecified atom stereocenters. The first-order chi connectivity index (χ1) is 6.45. The summed E-state index contributed by atoms with van der Waals surface area (Å²) in [6.07, 6.45) is 0. The third-order valence-corrected chi connectivity index (χ3v) is 5.33. The number of aromatic nitrogens is 2. The Balaban J connectivity index is 2.86. The fourth-order valence-corrected chi connectivity index (χ4v) is 3.80. The van der Waals surface area contributed by atoms with E-state index in [4.69, 9.17) is 11.6 Å². The highest BCUT2D eigenvalue weighted by atomic mass is 35.5. The fourth-order valence-electron chi connectivity index (χ4n) is 0.895. The molecule has 1 aromatic rings. The molecule has 0 aliphatic rings. The zero-order valence-corrected chi connectivity index (χ0v) is 10.3. The zero-order chi connectivity index (χ0) is 10.8. The maximum Gasteiger partial charge on any atom is 0.232 e. The van der Waals surface area contributed by atoms with Crippen LogP contribution in [0.1, 0.15) is 11.9 Å². The number of rotatable bonds is 4. The molecule has 0 aliphatic carbocycles. The van der Waals surface area contributed by atoms with Crippen molar-refractivity contribution in [1.82, 2.24) is 10.2 Å².